The van der Waals surface area contributed by atoms with Crippen LogP contribution in [0.15, 0.2) is 24.3 Å². The third kappa shape index (κ3) is 2.82. The van der Waals surface area contributed by atoms with Crippen LogP contribution in [0.5, 0.6) is 0 Å². The van der Waals surface area contributed by atoms with Crippen molar-refractivity contribution < 1.29 is 4.79 Å². The summed E-state index contributed by atoms with van der Waals surface area (Å²) in [6, 6.07) is 8.40. The first-order valence-electron chi connectivity index (χ1n) is 6.38. The first-order valence-corrected chi connectivity index (χ1v) is 6.38. The van der Waals surface area contributed by atoms with Crippen LogP contribution in [0, 0.1) is 0 Å². The Morgan fingerprint density at radius 1 is 1.33 bits per heavy atom. The minimum absolute atomic E-state index is 0.0511. The molecule has 4 nitrogen and oxygen atoms in total. The van der Waals surface area contributed by atoms with Crippen molar-refractivity contribution >= 4 is 11.6 Å². The molecule has 1 aromatic rings. The SMILES string of the molecule is C[C@@H]1CN(c2ccc(C(=O)N(C)C)cc2)CCN1. The van der Waals surface area contributed by atoms with Crippen molar-refractivity contribution in [2.75, 3.05) is 38.6 Å². The van der Waals surface area contributed by atoms with Crippen LogP contribution in [-0.4, -0.2) is 50.6 Å². The molecule has 1 aromatic carbocycles. The van der Waals surface area contributed by atoms with E-state index in [4.69, 9.17) is 0 Å². The van der Waals surface area contributed by atoms with Gasteiger partial charge >= 0.3 is 0 Å². The Morgan fingerprint density at radius 2 is 2.00 bits per heavy atom. The number of piperazine rings is 1. The first-order chi connectivity index (χ1) is 8.58. The Balaban J connectivity index is 2.10. The van der Waals surface area contributed by atoms with Gasteiger partial charge in [-0.1, -0.05) is 0 Å². The fourth-order valence-corrected chi connectivity index (χ4v) is 2.24. The quantitative estimate of drug-likeness (QED) is 0.852. The predicted molar refractivity (Wildman–Crippen MR) is 74.1 cm³/mol. The molecule has 1 atom stereocenters. The van der Waals surface area contributed by atoms with Gasteiger partial charge in [0, 0.05) is 51.0 Å². The molecule has 98 valence electrons. The number of nitrogens with one attached hydrogen (secondary N) is 1. The number of benzene rings is 1. The molecule has 1 aliphatic rings. The Bertz CT molecular complexity index is 414. The second-order valence-corrected chi connectivity index (χ2v) is 5.05. The van der Waals surface area contributed by atoms with Crippen LogP contribution in [0.1, 0.15) is 17.3 Å². The number of amides is 1. The maximum absolute atomic E-state index is 11.8. The topological polar surface area (TPSA) is 35.6 Å². The van der Waals surface area contributed by atoms with E-state index in [9.17, 15) is 4.79 Å². The van der Waals surface area contributed by atoms with Crippen LogP contribution < -0.4 is 10.2 Å². The fourth-order valence-electron chi connectivity index (χ4n) is 2.24. The minimum Gasteiger partial charge on any atom is -0.369 e. The van der Waals surface area contributed by atoms with E-state index in [0.29, 0.717) is 6.04 Å². The first kappa shape index (κ1) is 12.9. The molecule has 0 saturated carbocycles. The maximum Gasteiger partial charge on any atom is 0.253 e. The largest absolute Gasteiger partial charge is 0.369 e. The minimum atomic E-state index is 0.0511. The summed E-state index contributed by atoms with van der Waals surface area (Å²) in [7, 11) is 3.54. The lowest BCUT2D eigenvalue weighted by Crippen LogP contribution is -2.49. The van der Waals surface area contributed by atoms with Gasteiger partial charge < -0.3 is 15.1 Å². The highest BCUT2D eigenvalue weighted by Crippen LogP contribution is 2.17. The van der Waals surface area contributed by atoms with Gasteiger partial charge in [0.05, 0.1) is 0 Å². The average molecular weight is 247 g/mol. The zero-order valence-corrected chi connectivity index (χ0v) is 11.3. The summed E-state index contributed by atoms with van der Waals surface area (Å²) in [5, 5.41) is 3.42. The smallest absolute Gasteiger partial charge is 0.253 e. The summed E-state index contributed by atoms with van der Waals surface area (Å²) in [4.78, 5) is 15.7. The molecule has 18 heavy (non-hydrogen) atoms. The van der Waals surface area contributed by atoms with Gasteiger partial charge in [-0.2, -0.15) is 0 Å². The molecule has 0 spiro atoms. The molecule has 0 aromatic heterocycles. The van der Waals surface area contributed by atoms with Crippen molar-refractivity contribution in [3.05, 3.63) is 29.8 Å². The number of carbonyl (C=O) groups is 1. The highest BCUT2D eigenvalue weighted by atomic mass is 16.2. The zero-order valence-electron chi connectivity index (χ0n) is 11.3. The van der Waals surface area contributed by atoms with Crippen LogP contribution in [0.4, 0.5) is 5.69 Å². The van der Waals surface area contributed by atoms with E-state index in [0.717, 1.165) is 25.2 Å². The molecule has 0 aliphatic carbocycles. The van der Waals surface area contributed by atoms with Crippen molar-refractivity contribution in [3.8, 4) is 0 Å². The van der Waals surface area contributed by atoms with E-state index >= 15 is 0 Å². The van der Waals surface area contributed by atoms with E-state index in [-0.39, 0.29) is 5.91 Å². The van der Waals surface area contributed by atoms with Crippen molar-refractivity contribution in [3.63, 3.8) is 0 Å². The van der Waals surface area contributed by atoms with Gasteiger partial charge in [0.2, 0.25) is 0 Å². The van der Waals surface area contributed by atoms with Crippen molar-refractivity contribution in [2.45, 2.75) is 13.0 Å². The lowest BCUT2D eigenvalue weighted by atomic mass is 10.1. The highest BCUT2D eigenvalue weighted by Gasteiger charge is 2.16. The lowest BCUT2D eigenvalue weighted by Gasteiger charge is -2.33. The summed E-state index contributed by atoms with van der Waals surface area (Å²) in [6.07, 6.45) is 0. The van der Waals surface area contributed by atoms with Gasteiger partial charge in [0.25, 0.3) is 5.91 Å². The normalized spacial score (nSPS) is 19.7. The van der Waals surface area contributed by atoms with Crippen LogP contribution in [0.3, 0.4) is 0 Å². The summed E-state index contributed by atoms with van der Waals surface area (Å²) < 4.78 is 0. The van der Waals surface area contributed by atoms with E-state index < -0.39 is 0 Å². The number of anilines is 1. The van der Waals surface area contributed by atoms with Crippen LogP contribution in [-0.2, 0) is 0 Å². The molecule has 1 fully saturated rings. The number of nitrogens with zero attached hydrogens (tertiary/aromatic N) is 2. The highest BCUT2D eigenvalue weighted by molar-refractivity contribution is 5.94. The number of hydrogen-bond acceptors (Lipinski definition) is 3. The van der Waals surface area contributed by atoms with Crippen molar-refractivity contribution in [2.24, 2.45) is 0 Å². The molecular formula is C14H21N3O. The second-order valence-electron chi connectivity index (χ2n) is 5.05. The van der Waals surface area contributed by atoms with E-state index in [1.807, 2.05) is 24.3 Å². The average Bonchev–Trinajstić information content (AvgIpc) is 2.38. The Hall–Kier alpha value is -1.55. The standard InChI is InChI=1S/C14H21N3O/c1-11-10-17(9-8-15-11)13-6-4-12(5-7-13)14(18)16(2)3/h4-7,11,15H,8-10H2,1-3H3/t11-/m1/s1. The molecule has 1 aliphatic heterocycles. The second kappa shape index (κ2) is 5.40. The molecule has 0 unspecified atom stereocenters. The summed E-state index contributed by atoms with van der Waals surface area (Å²) in [5.41, 5.74) is 1.94. The molecular weight excluding hydrogens is 226 g/mol. The monoisotopic (exact) mass is 247 g/mol. The molecule has 1 heterocycles. The van der Waals surface area contributed by atoms with Crippen LogP contribution in [0.25, 0.3) is 0 Å². The number of carbonyl (C=O) groups excluding carboxylic acids is 1. The Morgan fingerprint density at radius 3 is 2.56 bits per heavy atom. The maximum atomic E-state index is 11.8. The van der Waals surface area contributed by atoms with Crippen LogP contribution >= 0.6 is 0 Å². The van der Waals surface area contributed by atoms with Gasteiger partial charge in [-0.05, 0) is 31.2 Å². The molecule has 2 rings (SSSR count). The van der Waals surface area contributed by atoms with Gasteiger partial charge in [0.15, 0.2) is 0 Å². The van der Waals surface area contributed by atoms with Gasteiger partial charge in [-0.3, -0.25) is 4.79 Å². The molecule has 4 heteroatoms. The fraction of sp³-hybridized carbons (Fsp3) is 0.500. The third-order valence-corrected chi connectivity index (χ3v) is 3.25. The van der Waals surface area contributed by atoms with Gasteiger partial charge in [-0.25, -0.2) is 0 Å². The number of hydrogen-bond donors (Lipinski definition) is 1. The summed E-state index contributed by atoms with van der Waals surface area (Å²) in [5.74, 6) is 0.0511. The molecule has 1 saturated heterocycles. The van der Waals surface area contributed by atoms with Gasteiger partial charge in [-0.15, -0.1) is 0 Å². The van der Waals surface area contributed by atoms with Gasteiger partial charge in [0.1, 0.15) is 0 Å². The Labute approximate surface area is 109 Å². The molecule has 1 amide bonds. The molecule has 0 bridgehead atoms. The summed E-state index contributed by atoms with van der Waals surface area (Å²) in [6.45, 7) is 5.24. The van der Waals surface area contributed by atoms with E-state index in [1.165, 1.54) is 5.69 Å². The van der Waals surface area contributed by atoms with E-state index in [2.05, 4.69) is 17.1 Å². The van der Waals surface area contributed by atoms with Crippen LogP contribution in [0.2, 0.25) is 0 Å². The molecule has 0 radical (unpaired) electrons. The van der Waals surface area contributed by atoms with Crippen molar-refractivity contribution in [1.29, 1.82) is 0 Å². The summed E-state index contributed by atoms with van der Waals surface area (Å²) >= 11 is 0. The van der Waals surface area contributed by atoms with Crippen molar-refractivity contribution in [1.82, 2.24) is 10.2 Å². The number of rotatable bonds is 2. The third-order valence-electron chi connectivity index (χ3n) is 3.25. The lowest BCUT2D eigenvalue weighted by molar-refractivity contribution is 0.0827. The Kier molecular flexibility index (Phi) is 3.87. The van der Waals surface area contributed by atoms with E-state index in [1.54, 1.807) is 19.0 Å². The predicted octanol–water partition coefficient (Wildman–Crippen LogP) is 1.19. The zero-order chi connectivity index (χ0) is 13.1. The molecule has 1 N–H and O–H groups in total.